The van der Waals surface area contributed by atoms with Gasteiger partial charge in [0.05, 0.1) is 15.5 Å². The average Bonchev–Trinajstić information content (AvgIpc) is 2.94. The zero-order valence-corrected chi connectivity index (χ0v) is 13.1. The highest BCUT2D eigenvalue weighted by Gasteiger charge is 2.23. The number of nitrogens with one attached hydrogen (secondary N) is 2. The number of para-hydroxylation sites is 1. The van der Waals surface area contributed by atoms with Gasteiger partial charge in [-0.2, -0.15) is 0 Å². The molecule has 1 amide bonds. The van der Waals surface area contributed by atoms with Gasteiger partial charge >= 0.3 is 0 Å². The number of hydrogen-bond acceptors (Lipinski definition) is 6. The normalized spacial score (nSPS) is 17.1. The second kappa shape index (κ2) is 6.97. The summed E-state index contributed by atoms with van der Waals surface area (Å²) in [5.41, 5.74) is 4.39. The molecule has 1 fully saturated rings. The van der Waals surface area contributed by atoms with Crippen molar-refractivity contribution in [1.82, 2.24) is 5.32 Å². The van der Waals surface area contributed by atoms with Crippen molar-refractivity contribution in [2.24, 2.45) is 5.10 Å². The molecule has 2 N–H and O–H groups in total. The molecule has 1 saturated heterocycles. The number of nitrogens with zero attached hydrogens (tertiary/aromatic N) is 2. The van der Waals surface area contributed by atoms with E-state index in [1.54, 1.807) is 18.2 Å². The van der Waals surface area contributed by atoms with E-state index >= 15 is 0 Å². The van der Waals surface area contributed by atoms with E-state index in [0.717, 1.165) is 5.69 Å². The minimum Gasteiger partial charge on any atom is -0.299 e. The third-order valence-corrected chi connectivity index (χ3v) is 4.02. The van der Waals surface area contributed by atoms with Crippen LogP contribution in [0.2, 0.25) is 0 Å². The molecule has 7 nitrogen and oxygen atoms in total. The van der Waals surface area contributed by atoms with E-state index in [2.05, 4.69) is 15.8 Å². The number of carbonyl (C=O) groups is 1. The Bertz CT molecular complexity index is 832. The van der Waals surface area contributed by atoms with Crippen LogP contribution in [0.1, 0.15) is 5.56 Å². The number of nitro benzene ring substituents is 1. The van der Waals surface area contributed by atoms with Crippen molar-refractivity contribution in [2.45, 2.75) is 0 Å². The van der Waals surface area contributed by atoms with E-state index in [0.29, 0.717) is 15.6 Å². The smallest absolute Gasteiger partial charge is 0.269 e. The highest BCUT2D eigenvalue weighted by Crippen LogP contribution is 2.26. The molecule has 0 unspecified atom stereocenters. The Labute approximate surface area is 141 Å². The molecule has 120 valence electrons. The van der Waals surface area contributed by atoms with E-state index in [1.807, 2.05) is 30.3 Å². The minimum absolute atomic E-state index is 0.00925. The van der Waals surface area contributed by atoms with Crippen LogP contribution in [0.15, 0.2) is 64.6 Å². The molecule has 1 heterocycles. The summed E-state index contributed by atoms with van der Waals surface area (Å²) >= 11 is 1.20. The SMILES string of the molecule is O=C1N/C(=N/Nc2ccccc2)S/C1=C/c1ccc([N+](=O)[O-])cc1. The highest BCUT2D eigenvalue weighted by atomic mass is 32.2. The van der Waals surface area contributed by atoms with Crippen molar-refractivity contribution in [1.29, 1.82) is 0 Å². The second-order valence-corrected chi connectivity index (χ2v) is 5.84. The topological polar surface area (TPSA) is 96.6 Å². The lowest BCUT2D eigenvalue weighted by Gasteiger charge is -1.99. The number of benzene rings is 2. The Morgan fingerprint density at radius 2 is 1.83 bits per heavy atom. The number of thioether (sulfide) groups is 1. The summed E-state index contributed by atoms with van der Waals surface area (Å²) in [4.78, 5) is 22.6. The predicted molar refractivity (Wildman–Crippen MR) is 94.3 cm³/mol. The molecule has 24 heavy (non-hydrogen) atoms. The van der Waals surface area contributed by atoms with Crippen LogP contribution >= 0.6 is 11.8 Å². The quantitative estimate of drug-likeness (QED) is 0.506. The van der Waals surface area contributed by atoms with E-state index in [9.17, 15) is 14.9 Å². The lowest BCUT2D eigenvalue weighted by atomic mass is 10.2. The fourth-order valence-electron chi connectivity index (χ4n) is 1.95. The van der Waals surface area contributed by atoms with Gasteiger partial charge < -0.3 is 0 Å². The summed E-state index contributed by atoms with van der Waals surface area (Å²) < 4.78 is 0. The number of nitro groups is 1. The summed E-state index contributed by atoms with van der Waals surface area (Å²) in [6.07, 6.45) is 1.66. The zero-order valence-electron chi connectivity index (χ0n) is 12.3. The lowest BCUT2D eigenvalue weighted by Crippen LogP contribution is -2.20. The first kappa shape index (κ1) is 15.8. The second-order valence-electron chi connectivity index (χ2n) is 4.81. The van der Waals surface area contributed by atoms with Crippen LogP contribution in [0.25, 0.3) is 6.08 Å². The number of rotatable bonds is 4. The first-order valence-electron chi connectivity index (χ1n) is 6.96. The first-order valence-corrected chi connectivity index (χ1v) is 7.77. The monoisotopic (exact) mass is 340 g/mol. The minimum atomic E-state index is -0.464. The van der Waals surface area contributed by atoms with E-state index < -0.39 is 4.92 Å². The van der Waals surface area contributed by atoms with Gasteiger partial charge in [-0.3, -0.25) is 25.7 Å². The molecule has 0 bridgehead atoms. The van der Waals surface area contributed by atoms with Crippen LogP contribution in [0.5, 0.6) is 0 Å². The molecule has 1 aliphatic heterocycles. The molecular formula is C16H12N4O3S. The summed E-state index contributed by atoms with van der Waals surface area (Å²) in [7, 11) is 0. The number of amides is 1. The van der Waals surface area contributed by atoms with Crippen LogP contribution < -0.4 is 10.7 Å². The molecule has 2 aromatic rings. The number of amidine groups is 1. The summed E-state index contributed by atoms with van der Waals surface area (Å²) in [5, 5.41) is 17.9. The molecule has 8 heteroatoms. The van der Waals surface area contributed by atoms with Crippen molar-refractivity contribution in [3.8, 4) is 0 Å². The van der Waals surface area contributed by atoms with Crippen LogP contribution in [0.3, 0.4) is 0 Å². The maximum Gasteiger partial charge on any atom is 0.269 e. The largest absolute Gasteiger partial charge is 0.299 e. The van der Waals surface area contributed by atoms with Gasteiger partial charge in [-0.15, -0.1) is 5.10 Å². The highest BCUT2D eigenvalue weighted by molar-refractivity contribution is 8.18. The van der Waals surface area contributed by atoms with Gasteiger partial charge in [-0.1, -0.05) is 18.2 Å². The summed E-state index contributed by atoms with van der Waals surface area (Å²) in [6.45, 7) is 0. The summed E-state index contributed by atoms with van der Waals surface area (Å²) in [6, 6.07) is 15.4. The van der Waals surface area contributed by atoms with Crippen LogP contribution in [-0.2, 0) is 4.79 Å². The van der Waals surface area contributed by atoms with Gasteiger partial charge in [-0.05, 0) is 47.7 Å². The van der Waals surface area contributed by atoms with Gasteiger partial charge in [0.2, 0.25) is 0 Å². The molecule has 1 aliphatic rings. The number of non-ortho nitro benzene ring substituents is 1. The van der Waals surface area contributed by atoms with Gasteiger partial charge in [0.15, 0.2) is 5.17 Å². The third-order valence-electron chi connectivity index (χ3n) is 3.11. The van der Waals surface area contributed by atoms with Crippen LogP contribution in [0.4, 0.5) is 11.4 Å². The van der Waals surface area contributed by atoms with Crippen molar-refractivity contribution < 1.29 is 9.72 Å². The Balaban J connectivity index is 1.71. The average molecular weight is 340 g/mol. The van der Waals surface area contributed by atoms with Gasteiger partial charge in [-0.25, -0.2) is 0 Å². The van der Waals surface area contributed by atoms with Crippen molar-refractivity contribution >= 4 is 40.3 Å². The van der Waals surface area contributed by atoms with Gasteiger partial charge in [0, 0.05) is 12.1 Å². The molecular weight excluding hydrogens is 328 g/mol. The fraction of sp³-hybridized carbons (Fsp3) is 0. The molecule has 0 spiro atoms. The fourth-order valence-corrected chi connectivity index (χ4v) is 2.73. The van der Waals surface area contributed by atoms with E-state index in [-0.39, 0.29) is 11.6 Å². The molecule has 0 radical (unpaired) electrons. The Hall–Kier alpha value is -3.13. The van der Waals surface area contributed by atoms with E-state index in [4.69, 9.17) is 0 Å². The number of hydrazone groups is 1. The maximum absolute atomic E-state index is 12.0. The van der Waals surface area contributed by atoms with Gasteiger partial charge in [0.1, 0.15) is 0 Å². The summed E-state index contributed by atoms with van der Waals surface area (Å²) in [5.74, 6) is -0.257. The molecule has 0 aliphatic carbocycles. The van der Waals surface area contributed by atoms with Crippen molar-refractivity contribution in [3.63, 3.8) is 0 Å². The zero-order chi connectivity index (χ0) is 16.9. The van der Waals surface area contributed by atoms with E-state index in [1.165, 1.54) is 23.9 Å². The number of hydrogen-bond donors (Lipinski definition) is 2. The lowest BCUT2D eigenvalue weighted by molar-refractivity contribution is -0.384. The van der Waals surface area contributed by atoms with Crippen LogP contribution in [-0.4, -0.2) is 16.0 Å². The van der Waals surface area contributed by atoms with Gasteiger partial charge in [0.25, 0.3) is 11.6 Å². The van der Waals surface area contributed by atoms with Crippen LogP contribution in [0, 0.1) is 10.1 Å². The Kier molecular flexibility index (Phi) is 4.57. The molecule has 0 saturated carbocycles. The number of carbonyl (C=O) groups excluding carboxylic acids is 1. The number of anilines is 1. The molecule has 2 aromatic carbocycles. The van der Waals surface area contributed by atoms with Crippen molar-refractivity contribution in [2.75, 3.05) is 5.43 Å². The molecule has 0 atom stereocenters. The molecule has 3 rings (SSSR count). The standard InChI is InChI=1S/C16H12N4O3S/c21-15-14(10-11-6-8-13(9-7-11)20(22)23)24-16(17-15)19-18-12-4-2-1-3-5-12/h1-10,18H,(H,17,19,21)/b14-10+. The van der Waals surface area contributed by atoms with Crippen molar-refractivity contribution in [3.05, 3.63) is 75.2 Å². The predicted octanol–water partition coefficient (Wildman–Crippen LogP) is 3.18. The Morgan fingerprint density at radius 1 is 1.12 bits per heavy atom. The first-order chi connectivity index (χ1) is 11.6. The Morgan fingerprint density at radius 3 is 2.50 bits per heavy atom. The maximum atomic E-state index is 12.0. The molecule has 0 aromatic heterocycles. The third kappa shape index (κ3) is 3.79.